The molecule has 2 rings (SSSR count). The van der Waals surface area contributed by atoms with E-state index in [1.807, 2.05) is 0 Å². The summed E-state index contributed by atoms with van der Waals surface area (Å²) in [5.74, 6) is 1.33. The summed E-state index contributed by atoms with van der Waals surface area (Å²) in [5.41, 5.74) is -0.776. The van der Waals surface area contributed by atoms with Crippen LogP contribution in [0.2, 0.25) is 0 Å². The van der Waals surface area contributed by atoms with Crippen molar-refractivity contribution in [3.8, 4) is 0 Å². The number of halogens is 6. The molecule has 0 N–H and O–H groups in total. The predicted molar refractivity (Wildman–Crippen MR) is 74.1 cm³/mol. The second-order valence-electron chi connectivity index (χ2n) is 4.75. The molecule has 0 spiro atoms. The van der Waals surface area contributed by atoms with Gasteiger partial charge in [0.1, 0.15) is 0 Å². The highest BCUT2D eigenvalue weighted by Gasteiger charge is 2.74. The molecule has 94 valence electrons. The summed E-state index contributed by atoms with van der Waals surface area (Å²) in [5, 5.41) is -0.497. The van der Waals surface area contributed by atoms with Crippen molar-refractivity contribution in [1.82, 2.24) is 0 Å². The molecule has 0 saturated heterocycles. The first-order valence-corrected chi connectivity index (χ1v) is 8.03. The molecule has 0 nitrogen and oxygen atoms in total. The van der Waals surface area contributed by atoms with Gasteiger partial charge in [0.25, 0.3) is 0 Å². The lowest BCUT2D eigenvalue weighted by atomic mass is 9.70. The van der Waals surface area contributed by atoms with Crippen molar-refractivity contribution in [3.63, 3.8) is 0 Å². The zero-order valence-corrected chi connectivity index (χ0v) is 12.9. The number of hydrogen-bond donors (Lipinski definition) is 0. The van der Waals surface area contributed by atoms with Crippen LogP contribution in [0, 0.1) is 16.7 Å². The van der Waals surface area contributed by atoms with Crippen molar-refractivity contribution < 1.29 is 0 Å². The van der Waals surface area contributed by atoms with Crippen LogP contribution in [0.1, 0.15) is 6.42 Å². The standard InChI is InChI=1S/C10H12Cl6/c11-2-9(3-12)5-1-6(14)10(9,4-13)8(16)7(5)15/h5-8H,1-4H2/t5?,6-,7-,8+,10-/m1/s1. The molecule has 2 saturated carbocycles. The van der Waals surface area contributed by atoms with E-state index >= 15 is 0 Å². The molecule has 1 unspecified atom stereocenters. The van der Waals surface area contributed by atoms with Crippen LogP contribution in [0.25, 0.3) is 0 Å². The normalized spacial score (nSPS) is 49.9. The van der Waals surface area contributed by atoms with Crippen LogP contribution in [0.3, 0.4) is 0 Å². The van der Waals surface area contributed by atoms with Crippen LogP contribution in [0.5, 0.6) is 0 Å². The molecule has 2 aliphatic rings. The number of alkyl halides is 6. The summed E-state index contributed by atoms with van der Waals surface area (Å²) >= 11 is 37.6. The Hall–Kier alpha value is 1.74. The van der Waals surface area contributed by atoms with Gasteiger partial charge in [0, 0.05) is 33.8 Å². The van der Waals surface area contributed by atoms with Crippen molar-refractivity contribution in [2.24, 2.45) is 16.7 Å². The fourth-order valence-corrected chi connectivity index (χ4v) is 7.29. The van der Waals surface area contributed by atoms with Gasteiger partial charge in [0.2, 0.25) is 0 Å². The van der Waals surface area contributed by atoms with Crippen LogP contribution in [0.4, 0.5) is 0 Å². The van der Waals surface area contributed by atoms with E-state index in [2.05, 4.69) is 0 Å². The maximum Gasteiger partial charge on any atom is 0.0590 e. The third-order valence-electron chi connectivity index (χ3n) is 4.51. The van der Waals surface area contributed by atoms with E-state index in [1.54, 1.807) is 0 Å². The van der Waals surface area contributed by atoms with Gasteiger partial charge in [0.05, 0.1) is 10.8 Å². The summed E-state index contributed by atoms with van der Waals surface area (Å²) in [4.78, 5) is 0. The maximum atomic E-state index is 6.43. The second-order valence-corrected chi connectivity index (χ2v) is 7.06. The van der Waals surface area contributed by atoms with E-state index in [1.165, 1.54) is 0 Å². The summed E-state index contributed by atoms with van der Waals surface area (Å²) < 4.78 is 0. The predicted octanol–water partition coefficient (Wildman–Crippen LogP) is 4.53. The van der Waals surface area contributed by atoms with Crippen LogP contribution >= 0.6 is 69.6 Å². The van der Waals surface area contributed by atoms with Gasteiger partial charge in [-0.3, -0.25) is 0 Å². The van der Waals surface area contributed by atoms with E-state index in [0.717, 1.165) is 6.42 Å². The van der Waals surface area contributed by atoms with Crippen LogP contribution in [-0.4, -0.2) is 33.8 Å². The molecule has 5 atom stereocenters. The third kappa shape index (κ3) is 1.38. The van der Waals surface area contributed by atoms with E-state index in [-0.39, 0.29) is 27.5 Å². The first-order chi connectivity index (χ1) is 7.51. The topological polar surface area (TPSA) is 0 Å². The van der Waals surface area contributed by atoms with Crippen LogP contribution in [0.15, 0.2) is 0 Å². The lowest BCUT2D eigenvalue weighted by molar-refractivity contribution is 0.170. The first-order valence-electron chi connectivity index (χ1n) is 5.12. The average molecular weight is 345 g/mol. The van der Waals surface area contributed by atoms with Gasteiger partial charge in [-0.15, -0.1) is 69.6 Å². The molecule has 6 heteroatoms. The summed E-state index contributed by atoms with van der Waals surface area (Å²) in [7, 11) is 0. The lowest BCUT2D eigenvalue weighted by Gasteiger charge is -2.43. The molecule has 0 aromatic carbocycles. The van der Waals surface area contributed by atoms with Gasteiger partial charge in [0.15, 0.2) is 0 Å². The zero-order chi connectivity index (χ0) is 12.1. The molecule has 2 fully saturated rings. The quantitative estimate of drug-likeness (QED) is 0.660. The van der Waals surface area contributed by atoms with Gasteiger partial charge in [-0.05, 0) is 12.3 Å². The SMILES string of the molecule is ClCC1(CCl)C2C[C@@H](Cl)[C@]1(CCl)[C@@H](Cl)[C@@H]2Cl. The fourth-order valence-electron chi connectivity index (χ4n) is 3.46. The van der Waals surface area contributed by atoms with E-state index < -0.39 is 5.41 Å². The first kappa shape index (κ1) is 14.2. The minimum absolute atomic E-state index is 0.0926. The Morgan fingerprint density at radius 3 is 1.88 bits per heavy atom. The molecular formula is C10H12Cl6. The Kier molecular flexibility index (Phi) is 4.15. The lowest BCUT2D eigenvalue weighted by Crippen LogP contribution is -2.49. The Bertz CT molecular complexity index is 278. The van der Waals surface area contributed by atoms with Gasteiger partial charge >= 0.3 is 0 Å². The molecule has 0 aliphatic heterocycles. The average Bonchev–Trinajstić information content (AvgIpc) is 2.65. The molecule has 16 heavy (non-hydrogen) atoms. The molecular weight excluding hydrogens is 333 g/mol. The van der Waals surface area contributed by atoms with Gasteiger partial charge in [-0.25, -0.2) is 0 Å². The maximum absolute atomic E-state index is 6.43. The summed E-state index contributed by atoms with van der Waals surface area (Å²) in [6, 6.07) is 0. The highest BCUT2D eigenvalue weighted by molar-refractivity contribution is 6.34. The molecule has 0 amide bonds. The summed E-state index contributed by atoms with van der Waals surface area (Å²) in [6.45, 7) is 0. The van der Waals surface area contributed by atoms with Crippen molar-refractivity contribution in [1.29, 1.82) is 0 Å². The van der Waals surface area contributed by atoms with Crippen molar-refractivity contribution in [3.05, 3.63) is 0 Å². The fraction of sp³-hybridized carbons (Fsp3) is 1.00. The van der Waals surface area contributed by atoms with E-state index in [0.29, 0.717) is 17.6 Å². The Morgan fingerprint density at radius 2 is 1.50 bits per heavy atom. The number of hydrogen-bond acceptors (Lipinski definition) is 0. The van der Waals surface area contributed by atoms with Crippen molar-refractivity contribution in [2.75, 3.05) is 17.6 Å². The minimum Gasteiger partial charge on any atom is -0.126 e. The van der Waals surface area contributed by atoms with E-state index in [4.69, 9.17) is 69.6 Å². The van der Waals surface area contributed by atoms with Crippen molar-refractivity contribution >= 4 is 69.6 Å². The van der Waals surface area contributed by atoms with Gasteiger partial charge < -0.3 is 0 Å². The summed E-state index contributed by atoms with van der Waals surface area (Å²) in [6.07, 6.45) is 0.797. The number of rotatable bonds is 3. The molecule has 2 aliphatic carbocycles. The molecule has 0 aromatic rings. The Balaban J connectivity index is 2.54. The van der Waals surface area contributed by atoms with Gasteiger partial charge in [-0.1, -0.05) is 0 Å². The smallest absolute Gasteiger partial charge is 0.0590 e. The highest BCUT2D eigenvalue weighted by Crippen LogP contribution is 2.71. The molecule has 0 radical (unpaired) electrons. The van der Waals surface area contributed by atoms with Crippen LogP contribution < -0.4 is 0 Å². The van der Waals surface area contributed by atoms with E-state index in [9.17, 15) is 0 Å². The highest BCUT2D eigenvalue weighted by atomic mass is 35.5. The Morgan fingerprint density at radius 1 is 0.938 bits per heavy atom. The third-order valence-corrected chi connectivity index (χ3v) is 7.82. The zero-order valence-electron chi connectivity index (χ0n) is 8.41. The molecule has 0 heterocycles. The Labute approximate surface area is 126 Å². The second kappa shape index (κ2) is 4.69. The largest absolute Gasteiger partial charge is 0.126 e. The monoisotopic (exact) mass is 342 g/mol. The molecule has 0 aromatic heterocycles. The van der Waals surface area contributed by atoms with Crippen LogP contribution in [-0.2, 0) is 0 Å². The number of fused-ring (bicyclic) bond motifs is 2. The van der Waals surface area contributed by atoms with Gasteiger partial charge in [-0.2, -0.15) is 0 Å². The van der Waals surface area contributed by atoms with Crippen molar-refractivity contribution in [2.45, 2.75) is 22.6 Å². The minimum atomic E-state index is -0.446. The molecule has 2 bridgehead atoms.